The number of hydrogen-bond acceptors (Lipinski definition) is 6. The van der Waals surface area contributed by atoms with E-state index < -0.39 is 11.7 Å². The van der Waals surface area contributed by atoms with E-state index in [1.807, 2.05) is 7.05 Å². The van der Waals surface area contributed by atoms with Crippen molar-refractivity contribution in [3.63, 3.8) is 0 Å². The van der Waals surface area contributed by atoms with Crippen molar-refractivity contribution < 1.29 is 19.3 Å². The smallest absolute Gasteiger partial charge is 0.177 e. The maximum absolute atomic E-state index is 10.3. The van der Waals surface area contributed by atoms with Gasteiger partial charge in [-0.3, -0.25) is 0 Å². The number of nitrogens with zero attached hydrogens (tertiary/aromatic N) is 1. The highest BCUT2D eigenvalue weighted by Crippen LogP contribution is 2.38. The summed E-state index contributed by atoms with van der Waals surface area (Å²) in [5.41, 5.74) is -0.524. The molecule has 0 fully saturated rings. The Morgan fingerprint density at radius 3 is 2.45 bits per heavy atom. The van der Waals surface area contributed by atoms with Crippen LogP contribution in [0.1, 0.15) is 18.4 Å². The fraction of sp³-hybridized carbons (Fsp3) is 0.562. The molecule has 122 valence electrons. The molecular weight excluding hydrogens is 284 g/mol. The fourth-order valence-electron chi connectivity index (χ4n) is 2.44. The van der Waals surface area contributed by atoms with Crippen molar-refractivity contribution in [1.82, 2.24) is 5.32 Å². The summed E-state index contributed by atoms with van der Waals surface area (Å²) in [5.74, 6) is 1.08. The average Bonchev–Trinajstić information content (AvgIpc) is 2.57. The van der Waals surface area contributed by atoms with Gasteiger partial charge in [-0.2, -0.15) is 5.26 Å². The van der Waals surface area contributed by atoms with Crippen LogP contribution in [-0.4, -0.2) is 46.3 Å². The Labute approximate surface area is 131 Å². The molecule has 6 heteroatoms. The minimum absolute atomic E-state index is 0.453. The van der Waals surface area contributed by atoms with Crippen LogP contribution in [0.3, 0.4) is 0 Å². The minimum atomic E-state index is -1.23. The first kappa shape index (κ1) is 18.2. The standard InChI is InChI=1S/C16H24N2O4/c1-18-9-5-8-16(11-17,15(19)22-4)12-6-7-13(20-2)14(10-12)21-3/h6-7,10,15,18-19H,5,8-9H2,1-4H3. The summed E-state index contributed by atoms with van der Waals surface area (Å²) >= 11 is 0. The molecule has 0 saturated heterocycles. The van der Waals surface area contributed by atoms with Crippen molar-refractivity contribution in [2.45, 2.75) is 24.5 Å². The third-order valence-electron chi connectivity index (χ3n) is 3.74. The van der Waals surface area contributed by atoms with Gasteiger partial charge in [-0.15, -0.1) is 0 Å². The molecule has 0 saturated carbocycles. The SMILES string of the molecule is CNCCCC(C#N)(c1ccc(OC)c(OC)c1)C(O)OC. The van der Waals surface area contributed by atoms with E-state index in [1.165, 1.54) is 14.2 Å². The number of nitrogens with one attached hydrogen (secondary N) is 1. The molecule has 0 bridgehead atoms. The first-order chi connectivity index (χ1) is 10.6. The van der Waals surface area contributed by atoms with Gasteiger partial charge in [-0.05, 0) is 44.1 Å². The van der Waals surface area contributed by atoms with Crippen molar-refractivity contribution in [3.8, 4) is 17.6 Å². The number of ether oxygens (including phenoxy) is 3. The van der Waals surface area contributed by atoms with E-state index in [-0.39, 0.29) is 0 Å². The van der Waals surface area contributed by atoms with Crippen molar-refractivity contribution in [2.24, 2.45) is 0 Å². The van der Waals surface area contributed by atoms with Crippen molar-refractivity contribution in [1.29, 1.82) is 5.26 Å². The second-order valence-electron chi connectivity index (χ2n) is 4.95. The molecule has 1 aromatic carbocycles. The van der Waals surface area contributed by atoms with E-state index in [0.717, 1.165) is 13.0 Å². The maximum atomic E-state index is 10.3. The third kappa shape index (κ3) is 3.69. The number of aliphatic hydroxyl groups is 1. The first-order valence-corrected chi connectivity index (χ1v) is 7.08. The summed E-state index contributed by atoms with van der Waals surface area (Å²) in [7, 11) is 6.31. The minimum Gasteiger partial charge on any atom is -0.493 e. The highest BCUT2D eigenvalue weighted by atomic mass is 16.6. The normalized spacial score (nSPS) is 14.7. The van der Waals surface area contributed by atoms with Crippen molar-refractivity contribution in [3.05, 3.63) is 23.8 Å². The van der Waals surface area contributed by atoms with Crippen LogP contribution in [0, 0.1) is 11.3 Å². The van der Waals surface area contributed by atoms with Gasteiger partial charge in [-0.1, -0.05) is 6.07 Å². The van der Waals surface area contributed by atoms with Gasteiger partial charge in [0.25, 0.3) is 0 Å². The van der Waals surface area contributed by atoms with E-state index in [2.05, 4.69) is 11.4 Å². The number of methoxy groups -OCH3 is 3. The molecule has 0 heterocycles. The van der Waals surface area contributed by atoms with Crippen LogP contribution in [0.25, 0.3) is 0 Å². The van der Waals surface area contributed by atoms with Crippen LogP contribution >= 0.6 is 0 Å². The van der Waals surface area contributed by atoms with Crippen LogP contribution in [0.5, 0.6) is 11.5 Å². The molecule has 2 N–H and O–H groups in total. The topological polar surface area (TPSA) is 83.7 Å². The molecule has 0 aliphatic rings. The fourth-order valence-corrected chi connectivity index (χ4v) is 2.44. The molecule has 22 heavy (non-hydrogen) atoms. The molecule has 0 spiro atoms. The predicted octanol–water partition coefficient (Wildman–Crippen LogP) is 1.43. The van der Waals surface area contributed by atoms with E-state index in [9.17, 15) is 10.4 Å². The van der Waals surface area contributed by atoms with Crippen molar-refractivity contribution in [2.75, 3.05) is 34.9 Å². The van der Waals surface area contributed by atoms with Gasteiger partial charge in [0.1, 0.15) is 5.41 Å². The lowest BCUT2D eigenvalue weighted by molar-refractivity contribution is -0.113. The molecule has 0 aliphatic carbocycles. The molecule has 0 aliphatic heterocycles. The van der Waals surface area contributed by atoms with Crippen LogP contribution in [0.15, 0.2) is 18.2 Å². The molecule has 0 aromatic heterocycles. The summed E-state index contributed by atoms with van der Waals surface area (Å²) in [5, 5.41) is 23.0. The Hall–Kier alpha value is -1.81. The third-order valence-corrected chi connectivity index (χ3v) is 3.74. The number of aliphatic hydroxyl groups excluding tert-OH is 1. The van der Waals surface area contributed by atoms with Gasteiger partial charge in [0.05, 0.1) is 20.3 Å². The number of benzene rings is 1. The lowest BCUT2D eigenvalue weighted by Crippen LogP contribution is -2.40. The highest BCUT2D eigenvalue weighted by Gasteiger charge is 2.40. The Kier molecular flexibility index (Phi) is 7.12. The summed E-state index contributed by atoms with van der Waals surface area (Å²) in [4.78, 5) is 0. The number of hydrogen-bond donors (Lipinski definition) is 2. The summed E-state index contributed by atoms with van der Waals surface area (Å²) in [6, 6.07) is 7.42. The second kappa shape index (κ2) is 8.59. The van der Waals surface area contributed by atoms with Gasteiger partial charge < -0.3 is 24.6 Å². The Bertz CT molecular complexity index is 515. The van der Waals surface area contributed by atoms with Crippen molar-refractivity contribution >= 4 is 0 Å². The highest BCUT2D eigenvalue weighted by molar-refractivity contribution is 5.47. The summed E-state index contributed by atoms with van der Waals surface area (Å²) < 4.78 is 15.6. The van der Waals surface area contributed by atoms with Gasteiger partial charge in [0.2, 0.25) is 0 Å². The van der Waals surface area contributed by atoms with Crippen LogP contribution in [0.2, 0.25) is 0 Å². The molecule has 0 amide bonds. The zero-order valence-electron chi connectivity index (χ0n) is 13.5. The van der Waals surface area contributed by atoms with Gasteiger partial charge in [0, 0.05) is 7.11 Å². The molecule has 0 radical (unpaired) electrons. The molecule has 6 nitrogen and oxygen atoms in total. The average molecular weight is 308 g/mol. The van der Waals surface area contributed by atoms with Crippen LogP contribution < -0.4 is 14.8 Å². The quantitative estimate of drug-likeness (QED) is 0.530. The second-order valence-corrected chi connectivity index (χ2v) is 4.95. The van der Waals surface area contributed by atoms with Crippen LogP contribution in [0.4, 0.5) is 0 Å². The van der Waals surface area contributed by atoms with E-state index in [1.54, 1.807) is 25.3 Å². The molecule has 1 rings (SSSR count). The van der Waals surface area contributed by atoms with Gasteiger partial charge in [-0.25, -0.2) is 0 Å². The lowest BCUT2D eigenvalue weighted by Gasteiger charge is -2.31. The van der Waals surface area contributed by atoms with Gasteiger partial charge in [0.15, 0.2) is 17.8 Å². The van der Waals surface area contributed by atoms with Gasteiger partial charge >= 0.3 is 0 Å². The molecule has 1 aromatic rings. The zero-order chi connectivity index (χ0) is 16.6. The van der Waals surface area contributed by atoms with E-state index in [4.69, 9.17) is 14.2 Å². The van der Waals surface area contributed by atoms with E-state index >= 15 is 0 Å². The molecule has 2 unspecified atom stereocenters. The first-order valence-electron chi connectivity index (χ1n) is 7.08. The number of rotatable bonds is 9. The Balaban J connectivity index is 3.28. The molecular formula is C16H24N2O4. The maximum Gasteiger partial charge on any atom is 0.177 e. The monoisotopic (exact) mass is 308 g/mol. The summed E-state index contributed by atoms with van der Waals surface area (Å²) in [6.07, 6.45) is -0.0549. The number of nitriles is 1. The zero-order valence-corrected chi connectivity index (χ0v) is 13.5. The lowest BCUT2D eigenvalue weighted by atomic mass is 9.77. The summed E-state index contributed by atoms with van der Waals surface area (Å²) in [6.45, 7) is 0.743. The van der Waals surface area contributed by atoms with Crippen LogP contribution in [-0.2, 0) is 10.2 Å². The predicted molar refractivity (Wildman–Crippen MR) is 83.0 cm³/mol. The Morgan fingerprint density at radius 2 is 1.95 bits per heavy atom. The Morgan fingerprint density at radius 1 is 1.27 bits per heavy atom. The molecule has 2 atom stereocenters. The van der Waals surface area contributed by atoms with E-state index in [0.29, 0.717) is 23.5 Å². The largest absolute Gasteiger partial charge is 0.493 e.